The molecule has 2 aromatic rings. The molecule has 2 aromatic carbocycles. The Morgan fingerprint density at radius 2 is 1.92 bits per heavy atom. The van der Waals surface area contributed by atoms with Crippen LogP contribution in [-0.2, 0) is 16.0 Å². The highest BCUT2D eigenvalue weighted by Crippen LogP contribution is 2.33. The van der Waals surface area contributed by atoms with Crippen LogP contribution in [0.3, 0.4) is 0 Å². The molecule has 6 nitrogen and oxygen atoms in total. The van der Waals surface area contributed by atoms with Gasteiger partial charge in [0.2, 0.25) is 12.7 Å². The maximum Gasteiger partial charge on any atom is 0.363 e. The zero-order valence-corrected chi connectivity index (χ0v) is 13.5. The van der Waals surface area contributed by atoms with Crippen LogP contribution in [0, 0.1) is 0 Å². The highest BCUT2D eigenvalue weighted by molar-refractivity contribution is 6.07. The van der Waals surface area contributed by atoms with Gasteiger partial charge in [-0.15, -0.1) is 0 Å². The third-order valence-corrected chi connectivity index (χ3v) is 3.88. The molecule has 0 fully saturated rings. The first-order valence-electron chi connectivity index (χ1n) is 7.75. The molecular formula is C19H15NO5. The molecule has 0 aromatic heterocycles. The summed E-state index contributed by atoms with van der Waals surface area (Å²) in [6.45, 7) is 0.210. The van der Waals surface area contributed by atoms with Crippen LogP contribution in [0.25, 0.3) is 6.08 Å². The number of hydrogen-bond donors (Lipinski definition) is 0. The van der Waals surface area contributed by atoms with Crippen LogP contribution in [0.15, 0.2) is 53.2 Å². The Balaban J connectivity index is 1.53. The van der Waals surface area contributed by atoms with Crippen molar-refractivity contribution in [3.8, 4) is 17.2 Å². The average molecular weight is 337 g/mol. The summed E-state index contributed by atoms with van der Waals surface area (Å²) in [6, 6.07) is 13.0. The lowest BCUT2D eigenvalue weighted by Gasteiger charge is -2.02. The number of esters is 1. The molecule has 0 amide bonds. The standard InChI is InChI=1S/C19H15NO5/c1-22-14-5-2-12(3-6-14)10-18-20-15(19(21)25-18)8-13-4-7-16-17(9-13)24-11-23-16/h2-9H,10-11H2,1H3/b15-8+. The molecule has 0 saturated heterocycles. The minimum Gasteiger partial charge on any atom is -0.497 e. The lowest BCUT2D eigenvalue weighted by molar-refractivity contribution is -0.130. The van der Waals surface area contributed by atoms with Crippen LogP contribution in [0.2, 0.25) is 0 Å². The maximum absolute atomic E-state index is 12.0. The van der Waals surface area contributed by atoms with Gasteiger partial charge in [-0.2, -0.15) is 0 Å². The molecule has 2 heterocycles. The fraction of sp³-hybridized carbons (Fsp3) is 0.158. The Bertz CT molecular complexity index is 883. The molecule has 4 rings (SSSR count). The fourth-order valence-corrected chi connectivity index (χ4v) is 2.61. The van der Waals surface area contributed by atoms with Gasteiger partial charge in [0.05, 0.1) is 7.11 Å². The van der Waals surface area contributed by atoms with Crippen molar-refractivity contribution in [3.05, 3.63) is 59.3 Å². The van der Waals surface area contributed by atoms with E-state index in [0.29, 0.717) is 23.8 Å². The topological polar surface area (TPSA) is 66.3 Å². The molecule has 0 unspecified atom stereocenters. The van der Waals surface area contributed by atoms with Gasteiger partial charge in [-0.05, 0) is 41.5 Å². The van der Waals surface area contributed by atoms with E-state index in [4.69, 9.17) is 18.9 Å². The highest BCUT2D eigenvalue weighted by atomic mass is 16.7. The Hall–Kier alpha value is -3.28. The van der Waals surface area contributed by atoms with Gasteiger partial charge in [-0.1, -0.05) is 18.2 Å². The van der Waals surface area contributed by atoms with Crippen molar-refractivity contribution >= 4 is 17.9 Å². The van der Waals surface area contributed by atoms with Gasteiger partial charge in [-0.3, -0.25) is 0 Å². The third-order valence-electron chi connectivity index (χ3n) is 3.88. The smallest absolute Gasteiger partial charge is 0.363 e. The van der Waals surface area contributed by atoms with Crippen molar-refractivity contribution in [2.45, 2.75) is 6.42 Å². The molecule has 0 saturated carbocycles. The first-order valence-corrected chi connectivity index (χ1v) is 7.75. The minimum atomic E-state index is -0.457. The van der Waals surface area contributed by atoms with Crippen LogP contribution >= 0.6 is 0 Å². The Labute approximate surface area is 144 Å². The summed E-state index contributed by atoms with van der Waals surface area (Å²) < 4.78 is 21.0. The quantitative estimate of drug-likeness (QED) is 0.634. The lowest BCUT2D eigenvalue weighted by Crippen LogP contribution is -2.06. The molecule has 0 spiro atoms. The summed E-state index contributed by atoms with van der Waals surface area (Å²) in [5, 5.41) is 0. The number of hydrogen-bond acceptors (Lipinski definition) is 6. The summed E-state index contributed by atoms with van der Waals surface area (Å²) in [7, 11) is 1.62. The van der Waals surface area contributed by atoms with Crippen LogP contribution in [0.4, 0.5) is 0 Å². The molecule has 2 aliphatic rings. The Morgan fingerprint density at radius 1 is 1.12 bits per heavy atom. The van der Waals surface area contributed by atoms with Crippen LogP contribution in [-0.4, -0.2) is 25.8 Å². The van der Waals surface area contributed by atoms with Gasteiger partial charge in [0.1, 0.15) is 5.75 Å². The second kappa shape index (κ2) is 6.32. The number of aliphatic imine (C=N–C) groups is 1. The maximum atomic E-state index is 12.0. The van der Waals surface area contributed by atoms with Crippen molar-refractivity contribution in [1.29, 1.82) is 0 Å². The van der Waals surface area contributed by atoms with Gasteiger partial charge in [0.15, 0.2) is 17.2 Å². The van der Waals surface area contributed by atoms with Crippen molar-refractivity contribution in [3.63, 3.8) is 0 Å². The number of rotatable bonds is 4. The number of nitrogens with zero attached hydrogens (tertiary/aromatic N) is 1. The molecule has 0 atom stereocenters. The highest BCUT2D eigenvalue weighted by Gasteiger charge is 2.23. The van der Waals surface area contributed by atoms with E-state index in [-0.39, 0.29) is 12.5 Å². The van der Waals surface area contributed by atoms with E-state index in [0.717, 1.165) is 16.9 Å². The summed E-state index contributed by atoms with van der Waals surface area (Å²) >= 11 is 0. The summed E-state index contributed by atoms with van der Waals surface area (Å²) in [6.07, 6.45) is 2.11. The Kier molecular flexibility index (Phi) is 3.85. The van der Waals surface area contributed by atoms with Crippen molar-refractivity contribution in [2.75, 3.05) is 13.9 Å². The van der Waals surface area contributed by atoms with Crippen molar-refractivity contribution < 1.29 is 23.7 Å². The second-order valence-corrected chi connectivity index (χ2v) is 5.56. The molecule has 0 bridgehead atoms. The van der Waals surface area contributed by atoms with Gasteiger partial charge in [0, 0.05) is 6.42 Å². The molecule has 0 aliphatic carbocycles. The van der Waals surface area contributed by atoms with Crippen LogP contribution in [0.1, 0.15) is 11.1 Å². The number of carbonyl (C=O) groups excluding carboxylic acids is 1. The number of cyclic esters (lactones) is 1. The van der Waals surface area contributed by atoms with Gasteiger partial charge < -0.3 is 18.9 Å². The van der Waals surface area contributed by atoms with Crippen molar-refractivity contribution in [1.82, 2.24) is 0 Å². The first kappa shape index (κ1) is 15.3. The van der Waals surface area contributed by atoms with Crippen LogP contribution in [0.5, 0.6) is 17.2 Å². The molecular weight excluding hydrogens is 322 g/mol. The monoisotopic (exact) mass is 337 g/mol. The van der Waals surface area contributed by atoms with Gasteiger partial charge in [0.25, 0.3) is 0 Å². The largest absolute Gasteiger partial charge is 0.497 e. The summed E-state index contributed by atoms with van der Waals surface area (Å²) in [5.41, 5.74) is 2.05. The SMILES string of the molecule is COc1ccc(CC2=N/C(=C/c3ccc4c(c3)OCO4)C(=O)O2)cc1. The van der Waals surface area contributed by atoms with E-state index in [1.165, 1.54) is 0 Å². The third kappa shape index (κ3) is 3.19. The summed E-state index contributed by atoms with van der Waals surface area (Å²) in [4.78, 5) is 16.3. The summed E-state index contributed by atoms with van der Waals surface area (Å²) in [5.74, 6) is 2.05. The van der Waals surface area contributed by atoms with Crippen molar-refractivity contribution in [2.24, 2.45) is 4.99 Å². The van der Waals surface area contributed by atoms with Gasteiger partial charge >= 0.3 is 5.97 Å². The predicted octanol–water partition coefficient (Wildman–Crippen LogP) is 2.96. The molecule has 0 radical (unpaired) electrons. The molecule has 6 heteroatoms. The van der Waals surface area contributed by atoms with Gasteiger partial charge in [-0.25, -0.2) is 9.79 Å². The van der Waals surface area contributed by atoms with E-state index < -0.39 is 5.97 Å². The van der Waals surface area contributed by atoms with E-state index in [9.17, 15) is 4.79 Å². The zero-order chi connectivity index (χ0) is 17.2. The number of carbonyl (C=O) groups is 1. The molecule has 126 valence electrons. The lowest BCUT2D eigenvalue weighted by atomic mass is 10.1. The van der Waals surface area contributed by atoms with E-state index in [1.54, 1.807) is 25.3 Å². The fourth-order valence-electron chi connectivity index (χ4n) is 2.61. The average Bonchev–Trinajstić information content (AvgIpc) is 3.22. The number of methoxy groups -OCH3 is 1. The molecule has 0 N–H and O–H groups in total. The first-order chi connectivity index (χ1) is 12.2. The van der Waals surface area contributed by atoms with E-state index in [1.807, 2.05) is 30.3 Å². The molecule has 25 heavy (non-hydrogen) atoms. The minimum absolute atomic E-state index is 0.210. The number of benzene rings is 2. The molecule has 2 aliphatic heterocycles. The second-order valence-electron chi connectivity index (χ2n) is 5.56. The number of fused-ring (bicyclic) bond motifs is 1. The number of ether oxygens (including phenoxy) is 4. The Morgan fingerprint density at radius 3 is 2.72 bits per heavy atom. The normalized spacial score (nSPS) is 16.8. The zero-order valence-electron chi connectivity index (χ0n) is 13.5. The predicted molar refractivity (Wildman–Crippen MR) is 90.8 cm³/mol. The van der Waals surface area contributed by atoms with Crippen LogP contribution < -0.4 is 14.2 Å². The van der Waals surface area contributed by atoms with E-state index >= 15 is 0 Å². The van der Waals surface area contributed by atoms with E-state index in [2.05, 4.69) is 4.99 Å².